The van der Waals surface area contributed by atoms with Gasteiger partial charge in [0.15, 0.2) is 18.2 Å². The van der Waals surface area contributed by atoms with Crippen LogP contribution >= 0.6 is 0 Å². The summed E-state index contributed by atoms with van der Waals surface area (Å²) in [6, 6.07) is 13.4. The first-order valence-corrected chi connectivity index (χ1v) is 14.1. The summed E-state index contributed by atoms with van der Waals surface area (Å²) in [7, 11) is 2.00. The number of aryl methyl sites for hydroxylation is 2. The van der Waals surface area contributed by atoms with Crippen LogP contribution in [0.2, 0.25) is 0 Å². The molecule has 0 radical (unpaired) electrons. The van der Waals surface area contributed by atoms with E-state index >= 15 is 0 Å². The zero-order valence-electron chi connectivity index (χ0n) is 24.7. The van der Waals surface area contributed by atoms with E-state index in [4.69, 9.17) is 4.74 Å². The highest BCUT2D eigenvalue weighted by Crippen LogP contribution is 2.54. The van der Waals surface area contributed by atoms with E-state index in [2.05, 4.69) is 37.9 Å². The summed E-state index contributed by atoms with van der Waals surface area (Å²) >= 11 is 0. The number of amides is 1. The molecular weight excluding hydrogens is 500 g/mol. The summed E-state index contributed by atoms with van der Waals surface area (Å²) in [5, 5.41) is 2.95. The van der Waals surface area contributed by atoms with Crippen LogP contribution in [0.15, 0.2) is 65.0 Å². The molecule has 0 fully saturated rings. The van der Waals surface area contributed by atoms with Crippen molar-refractivity contribution in [3.63, 3.8) is 0 Å². The number of rotatable bonds is 5. The average molecular weight is 541 g/mol. The highest BCUT2D eigenvalue weighted by atomic mass is 16.5. The number of nitrogens with one attached hydrogen (secondary N) is 1. The normalized spacial score (nSPS) is 20.3. The van der Waals surface area contributed by atoms with Gasteiger partial charge in [0.2, 0.25) is 0 Å². The molecule has 0 aromatic heterocycles. The van der Waals surface area contributed by atoms with Crippen molar-refractivity contribution >= 4 is 23.2 Å². The standard InChI is InChI=1S/C34H40N2O4/c1-20-12-13-21(2)23(14-20)35-29(39)19-40-28-11-9-8-10-22(28)30-31-24(15-33(3,4)17-26(31)37)36(7)25-16-34(5,6)18-27(38)32(25)30/h8-14,30H,15-19H2,1-7H3,(H,35,39). The predicted octanol–water partition coefficient (Wildman–Crippen LogP) is 6.64. The molecule has 2 aromatic rings. The van der Waals surface area contributed by atoms with Crippen LogP contribution in [0.4, 0.5) is 5.69 Å². The zero-order valence-corrected chi connectivity index (χ0v) is 24.7. The molecule has 0 unspecified atom stereocenters. The van der Waals surface area contributed by atoms with Gasteiger partial charge < -0.3 is 15.0 Å². The first-order valence-electron chi connectivity index (χ1n) is 14.1. The highest BCUT2D eigenvalue weighted by Gasteiger charge is 2.48. The number of carbonyl (C=O) groups is 3. The van der Waals surface area contributed by atoms with Crippen LogP contribution in [-0.4, -0.2) is 36.0 Å². The SMILES string of the molecule is Cc1ccc(C)c(NC(=O)COc2ccccc2C2C3=C(CC(C)(C)CC3=O)N(C)C3=C2C(=O)CC(C)(C)C3)c1. The third kappa shape index (κ3) is 5.24. The molecule has 210 valence electrons. The number of ether oxygens (including phenoxy) is 1. The molecule has 1 heterocycles. The van der Waals surface area contributed by atoms with Crippen LogP contribution < -0.4 is 10.1 Å². The van der Waals surface area contributed by atoms with Gasteiger partial charge in [-0.3, -0.25) is 14.4 Å². The summed E-state index contributed by atoms with van der Waals surface area (Å²) < 4.78 is 6.14. The molecular formula is C34H40N2O4. The Hall–Kier alpha value is -3.67. The molecule has 5 rings (SSSR count). The molecule has 40 heavy (non-hydrogen) atoms. The van der Waals surface area contributed by atoms with Crippen molar-refractivity contribution in [3.8, 4) is 5.75 Å². The van der Waals surface area contributed by atoms with Gasteiger partial charge in [0.25, 0.3) is 5.91 Å². The summed E-state index contributed by atoms with van der Waals surface area (Å²) in [4.78, 5) is 42.6. The lowest BCUT2D eigenvalue weighted by atomic mass is 9.63. The third-order valence-corrected chi connectivity index (χ3v) is 8.44. The van der Waals surface area contributed by atoms with Gasteiger partial charge in [-0.05, 0) is 60.8 Å². The molecule has 0 saturated carbocycles. The smallest absolute Gasteiger partial charge is 0.262 e. The maximum atomic E-state index is 13.8. The van der Waals surface area contributed by atoms with E-state index in [-0.39, 0.29) is 34.9 Å². The van der Waals surface area contributed by atoms with Crippen LogP contribution in [0, 0.1) is 24.7 Å². The Morgan fingerprint density at radius 2 is 1.48 bits per heavy atom. The van der Waals surface area contributed by atoms with Crippen LogP contribution in [0.3, 0.4) is 0 Å². The lowest BCUT2D eigenvalue weighted by Gasteiger charge is -2.48. The molecule has 1 N–H and O–H groups in total. The molecule has 0 atom stereocenters. The van der Waals surface area contributed by atoms with Crippen LogP contribution in [0.5, 0.6) is 5.75 Å². The van der Waals surface area contributed by atoms with Crippen molar-refractivity contribution in [1.82, 2.24) is 4.90 Å². The number of ketones is 2. The largest absolute Gasteiger partial charge is 0.483 e. The molecule has 0 bridgehead atoms. The summed E-state index contributed by atoms with van der Waals surface area (Å²) in [5.74, 6) is -0.101. The Kier molecular flexibility index (Phi) is 7.01. The number of Topliss-reactive ketones (excluding diaryl/α,β-unsaturated/α-hetero) is 2. The van der Waals surface area contributed by atoms with Gasteiger partial charge in [-0.25, -0.2) is 0 Å². The first kappa shape index (κ1) is 27.9. The summed E-state index contributed by atoms with van der Waals surface area (Å²) in [6.07, 6.45) is 2.38. The van der Waals surface area contributed by atoms with Crippen molar-refractivity contribution in [2.75, 3.05) is 19.0 Å². The van der Waals surface area contributed by atoms with E-state index in [1.165, 1.54) is 0 Å². The molecule has 6 nitrogen and oxygen atoms in total. The fourth-order valence-corrected chi connectivity index (χ4v) is 6.53. The minimum atomic E-state index is -0.508. The van der Waals surface area contributed by atoms with Crippen molar-refractivity contribution in [3.05, 3.63) is 81.7 Å². The van der Waals surface area contributed by atoms with Gasteiger partial charge in [-0.1, -0.05) is 58.0 Å². The van der Waals surface area contributed by atoms with E-state index in [1.807, 2.05) is 63.4 Å². The van der Waals surface area contributed by atoms with Gasteiger partial charge in [0, 0.05) is 59.6 Å². The molecule has 2 aliphatic carbocycles. The molecule has 1 amide bonds. The minimum Gasteiger partial charge on any atom is -0.483 e. The fraction of sp³-hybridized carbons (Fsp3) is 0.441. The quantitative estimate of drug-likeness (QED) is 0.460. The number of anilines is 1. The second kappa shape index (κ2) is 10.1. The van der Waals surface area contributed by atoms with E-state index in [0.717, 1.165) is 46.6 Å². The van der Waals surface area contributed by atoms with Crippen LogP contribution in [-0.2, 0) is 14.4 Å². The van der Waals surface area contributed by atoms with Crippen molar-refractivity contribution < 1.29 is 19.1 Å². The lowest BCUT2D eigenvalue weighted by molar-refractivity contribution is -0.120. The number of allylic oxidation sites excluding steroid dienone is 4. The van der Waals surface area contributed by atoms with Gasteiger partial charge in [-0.2, -0.15) is 0 Å². The summed E-state index contributed by atoms with van der Waals surface area (Å²) in [5.41, 5.74) is 6.62. The molecule has 3 aliphatic rings. The molecule has 1 aliphatic heterocycles. The number of benzene rings is 2. The number of nitrogens with zero attached hydrogens (tertiary/aromatic N) is 1. The van der Waals surface area contributed by atoms with E-state index in [9.17, 15) is 14.4 Å². The number of para-hydroxylation sites is 1. The Morgan fingerprint density at radius 1 is 0.900 bits per heavy atom. The maximum absolute atomic E-state index is 13.8. The average Bonchev–Trinajstić information content (AvgIpc) is 2.85. The predicted molar refractivity (Wildman–Crippen MR) is 157 cm³/mol. The van der Waals surface area contributed by atoms with E-state index < -0.39 is 5.92 Å². The Morgan fingerprint density at radius 3 is 2.08 bits per heavy atom. The number of hydrogen-bond donors (Lipinski definition) is 1. The second-order valence-electron chi connectivity index (χ2n) is 13.3. The molecule has 0 saturated heterocycles. The Balaban J connectivity index is 1.54. The Bertz CT molecular complexity index is 1420. The highest BCUT2D eigenvalue weighted by molar-refractivity contribution is 6.07. The lowest BCUT2D eigenvalue weighted by Crippen LogP contribution is -2.43. The molecule has 6 heteroatoms. The topological polar surface area (TPSA) is 75.7 Å². The number of hydrogen-bond acceptors (Lipinski definition) is 5. The maximum Gasteiger partial charge on any atom is 0.262 e. The monoisotopic (exact) mass is 540 g/mol. The number of carbonyl (C=O) groups excluding carboxylic acids is 3. The third-order valence-electron chi connectivity index (χ3n) is 8.44. The van der Waals surface area contributed by atoms with Gasteiger partial charge in [0.1, 0.15) is 5.75 Å². The van der Waals surface area contributed by atoms with Crippen molar-refractivity contribution in [2.45, 2.75) is 73.1 Å². The Labute approximate surface area is 237 Å². The first-order chi connectivity index (χ1) is 18.8. The minimum absolute atomic E-state index is 0.0785. The summed E-state index contributed by atoms with van der Waals surface area (Å²) in [6.45, 7) is 12.3. The van der Waals surface area contributed by atoms with Crippen molar-refractivity contribution in [1.29, 1.82) is 0 Å². The van der Waals surface area contributed by atoms with Crippen molar-refractivity contribution in [2.24, 2.45) is 10.8 Å². The van der Waals surface area contributed by atoms with Crippen LogP contribution in [0.1, 0.15) is 76.0 Å². The second-order valence-corrected chi connectivity index (χ2v) is 13.3. The van der Waals surface area contributed by atoms with Gasteiger partial charge >= 0.3 is 0 Å². The fourth-order valence-electron chi connectivity index (χ4n) is 6.53. The van der Waals surface area contributed by atoms with Gasteiger partial charge in [0.05, 0.1) is 0 Å². The van der Waals surface area contributed by atoms with Crippen LogP contribution in [0.25, 0.3) is 0 Å². The van der Waals surface area contributed by atoms with Gasteiger partial charge in [-0.15, -0.1) is 0 Å². The molecule has 0 spiro atoms. The zero-order chi connectivity index (χ0) is 29.0. The molecule has 2 aromatic carbocycles. The van der Waals surface area contributed by atoms with E-state index in [0.29, 0.717) is 29.7 Å². The van der Waals surface area contributed by atoms with E-state index in [1.54, 1.807) is 0 Å².